The largest absolute Gasteiger partial charge is 0.358 e. The van der Waals surface area contributed by atoms with Crippen molar-refractivity contribution in [2.24, 2.45) is 10.2 Å². The first kappa shape index (κ1) is 17.3. The van der Waals surface area contributed by atoms with Gasteiger partial charge in [-0.15, -0.1) is 0 Å². The Balaban J connectivity index is 2.79. The Bertz CT molecular complexity index is 357. The van der Waals surface area contributed by atoms with E-state index < -0.39 is 0 Å². The summed E-state index contributed by atoms with van der Waals surface area (Å²) >= 11 is 5.44. The van der Waals surface area contributed by atoms with Crippen LogP contribution in [0, 0.1) is 0 Å². The molecular formula is C15H30N4S. The molecule has 0 aromatic heterocycles. The van der Waals surface area contributed by atoms with Gasteiger partial charge in [0.05, 0.1) is 5.54 Å². The predicted octanol–water partition coefficient (Wildman–Crippen LogP) is 4.16. The second-order valence-electron chi connectivity index (χ2n) is 7.79. The fourth-order valence-corrected chi connectivity index (χ4v) is 2.71. The van der Waals surface area contributed by atoms with Crippen molar-refractivity contribution < 1.29 is 0 Å². The Morgan fingerprint density at radius 2 is 1.55 bits per heavy atom. The molecule has 4 nitrogen and oxygen atoms in total. The standard InChI is InChI=1S/C15H30N4S/c1-13(2,3)16-12(20)17-15(10-8-7-9-11-15)19-18-14(4,5)6/h7-11H2,1-6H3,(H2,16,17,20). The lowest BCUT2D eigenvalue weighted by molar-refractivity contribution is 0.253. The van der Waals surface area contributed by atoms with E-state index in [1.165, 1.54) is 19.3 Å². The normalized spacial score (nSPS) is 19.9. The van der Waals surface area contributed by atoms with Gasteiger partial charge in [0.1, 0.15) is 0 Å². The molecule has 0 aromatic carbocycles. The lowest BCUT2D eigenvalue weighted by atomic mass is 9.89. The van der Waals surface area contributed by atoms with Crippen LogP contribution < -0.4 is 10.6 Å². The molecule has 1 fully saturated rings. The van der Waals surface area contributed by atoms with E-state index in [-0.39, 0.29) is 16.7 Å². The van der Waals surface area contributed by atoms with Crippen LogP contribution in [0.15, 0.2) is 10.2 Å². The zero-order chi connectivity index (χ0) is 15.4. The zero-order valence-electron chi connectivity index (χ0n) is 13.8. The van der Waals surface area contributed by atoms with Crippen molar-refractivity contribution in [3.05, 3.63) is 0 Å². The zero-order valence-corrected chi connectivity index (χ0v) is 14.7. The molecule has 0 spiro atoms. The first-order valence-corrected chi connectivity index (χ1v) is 7.97. The first-order chi connectivity index (χ1) is 9.02. The van der Waals surface area contributed by atoms with Crippen LogP contribution in [-0.4, -0.2) is 21.9 Å². The molecule has 116 valence electrons. The minimum atomic E-state index is -0.319. The molecule has 20 heavy (non-hydrogen) atoms. The number of rotatable bonds is 2. The molecule has 0 saturated heterocycles. The molecule has 0 aromatic rings. The number of hydrogen-bond acceptors (Lipinski definition) is 3. The summed E-state index contributed by atoms with van der Waals surface area (Å²) in [5, 5.41) is 16.5. The minimum absolute atomic E-state index is 0.0406. The van der Waals surface area contributed by atoms with Crippen molar-refractivity contribution in [1.29, 1.82) is 0 Å². The third kappa shape index (κ3) is 6.64. The summed E-state index contributed by atoms with van der Waals surface area (Å²) in [6.45, 7) is 12.5. The number of nitrogens with zero attached hydrogens (tertiary/aromatic N) is 2. The maximum absolute atomic E-state index is 5.44. The third-order valence-electron chi connectivity index (χ3n) is 3.06. The Morgan fingerprint density at radius 1 is 1.00 bits per heavy atom. The maximum Gasteiger partial charge on any atom is 0.168 e. The second-order valence-corrected chi connectivity index (χ2v) is 8.20. The van der Waals surface area contributed by atoms with Gasteiger partial charge in [0.2, 0.25) is 0 Å². The molecule has 0 aliphatic heterocycles. The van der Waals surface area contributed by atoms with Crippen LogP contribution in [0.1, 0.15) is 73.6 Å². The van der Waals surface area contributed by atoms with Gasteiger partial charge in [0, 0.05) is 5.54 Å². The van der Waals surface area contributed by atoms with Gasteiger partial charge in [-0.25, -0.2) is 0 Å². The summed E-state index contributed by atoms with van der Waals surface area (Å²) in [4.78, 5) is 0. The summed E-state index contributed by atoms with van der Waals surface area (Å²) < 4.78 is 0. The Morgan fingerprint density at radius 3 is 2.00 bits per heavy atom. The summed E-state index contributed by atoms with van der Waals surface area (Å²) in [5.74, 6) is 0. The average Bonchev–Trinajstić information content (AvgIpc) is 2.24. The first-order valence-electron chi connectivity index (χ1n) is 7.56. The van der Waals surface area contributed by atoms with Crippen molar-refractivity contribution in [3.8, 4) is 0 Å². The number of hydrogen-bond donors (Lipinski definition) is 2. The van der Waals surface area contributed by atoms with Crippen LogP contribution in [-0.2, 0) is 0 Å². The third-order valence-corrected chi connectivity index (χ3v) is 3.26. The smallest absolute Gasteiger partial charge is 0.168 e. The van der Waals surface area contributed by atoms with Crippen LogP contribution in [0.4, 0.5) is 0 Å². The summed E-state index contributed by atoms with van der Waals surface area (Å²) in [6.07, 6.45) is 5.62. The van der Waals surface area contributed by atoms with E-state index in [9.17, 15) is 0 Å². The fraction of sp³-hybridized carbons (Fsp3) is 0.933. The highest BCUT2D eigenvalue weighted by Crippen LogP contribution is 2.30. The number of nitrogens with one attached hydrogen (secondary N) is 2. The van der Waals surface area contributed by atoms with Crippen LogP contribution in [0.2, 0.25) is 0 Å². The molecule has 5 heteroatoms. The van der Waals surface area contributed by atoms with Gasteiger partial charge in [-0.3, -0.25) is 0 Å². The molecule has 0 heterocycles. The quantitative estimate of drug-likeness (QED) is 0.594. The van der Waals surface area contributed by atoms with E-state index in [4.69, 9.17) is 12.2 Å². The van der Waals surface area contributed by atoms with E-state index >= 15 is 0 Å². The summed E-state index contributed by atoms with van der Waals surface area (Å²) in [5.41, 5.74) is -0.507. The second kappa shape index (κ2) is 6.37. The molecule has 0 atom stereocenters. The van der Waals surface area contributed by atoms with Crippen molar-refractivity contribution in [2.45, 2.75) is 90.4 Å². The highest BCUT2D eigenvalue weighted by molar-refractivity contribution is 7.80. The number of azo groups is 1. The predicted molar refractivity (Wildman–Crippen MR) is 89.0 cm³/mol. The lowest BCUT2D eigenvalue weighted by Gasteiger charge is -2.36. The van der Waals surface area contributed by atoms with E-state index in [1.807, 2.05) is 0 Å². The highest BCUT2D eigenvalue weighted by atomic mass is 32.1. The molecule has 0 unspecified atom stereocenters. The monoisotopic (exact) mass is 298 g/mol. The molecule has 2 N–H and O–H groups in total. The van der Waals surface area contributed by atoms with Gasteiger partial charge in [0.15, 0.2) is 10.8 Å². The van der Waals surface area contributed by atoms with Crippen LogP contribution in [0.5, 0.6) is 0 Å². The topological polar surface area (TPSA) is 48.8 Å². The average molecular weight is 299 g/mol. The Hall–Kier alpha value is -0.710. The number of thiocarbonyl (C=S) groups is 1. The molecule has 1 saturated carbocycles. The van der Waals surface area contributed by atoms with Crippen LogP contribution >= 0.6 is 12.2 Å². The van der Waals surface area contributed by atoms with Gasteiger partial charge in [-0.05, 0) is 79.4 Å². The van der Waals surface area contributed by atoms with Crippen molar-refractivity contribution >= 4 is 17.3 Å². The van der Waals surface area contributed by atoms with E-state index in [2.05, 4.69) is 62.4 Å². The molecule has 0 bridgehead atoms. The Kier molecular flexibility index (Phi) is 5.53. The van der Waals surface area contributed by atoms with Gasteiger partial charge in [-0.1, -0.05) is 6.42 Å². The van der Waals surface area contributed by atoms with Gasteiger partial charge in [-0.2, -0.15) is 10.2 Å². The molecule has 0 radical (unpaired) electrons. The molecule has 1 rings (SSSR count). The Labute approximate surface area is 129 Å². The molecule has 0 amide bonds. The van der Waals surface area contributed by atoms with Gasteiger partial charge < -0.3 is 10.6 Å². The highest BCUT2D eigenvalue weighted by Gasteiger charge is 2.33. The van der Waals surface area contributed by atoms with Gasteiger partial charge in [0.25, 0.3) is 0 Å². The van der Waals surface area contributed by atoms with Gasteiger partial charge >= 0.3 is 0 Å². The maximum atomic E-state index is 5.44. The van der Waals surface area contributed by atoms with Crippen molar-refractivity contribution in [2.75, 3.05) is 0 Å². The van der Waals surface area contributed by atoms with Crippen LogP contribution in [0.25, 0.3) is 0 Å². The van der Waals surface area contributed by atoms with E-state index in [0.29, 0.717) is 5.11 Å². The fourth-order valence-electron chi connectivity index (χ4n) is 2.22. The lowest BCUT2D eigenvalue weighted by Crippen LogP contribution is -2.55. The summed E-state index contributed by atoms with van der Waals surface area (Å²) in [6, 6.07) is 0. The molecule has 1 aliphatic carbocycles. The summed E-state index contributed by atoms with van der Waals surface area (Å²) in [7, 11) is 0. The minimum Gasteiger partial charge on any atom is -0.358 e. The SMILES string of the molecule is CC(C)(C)N=NC1(NC(=S)NC(C)(C)C)CCCCC1. The van der Waals surface area contributed by atoms with E-state index in [1.54, 1.807) is 0 Å². The van der Waals surface area contributed by atoms with Crippen molar-refractivity contribution in [1.82, 2.24) is 10.6 Å². The van der Waals surface area contributed by atoms with Crippen LogP contribution in [0.3, 0.4) is 0 Å². The van der Waals surface area contributed by atoms with Crippen molar-refractivity contribution in [3.63, 3.8) is 0 Å². The van der Waals surface area contributed by atoms with E-state index in [0.717, 1.165) is 12.8 Å². The molecule has 1 aliphatic rings. The molecular weight excluding hydrogens is 268 g/mol.